The van der Waals surface area contributed by atoms with E-state index in [0.29, 0.717) is 4.99 Å². The third-order valence-electron chi connectivity index (χ3n) is 3.89. The predicted molar refractivity (Wildman–Crippen MR) is 87.5 cm³/mol. The second-order valence-corrected chi connectivity index (χ2v) is 5.88. The Balaban J connectivity index is 1.94. The molecule has 0 saturated heterocycles. The molecule has 1 aliphatic rings. The first-order valence-corrected chi connectivity index (χ1v) is 7.68. The summed E-state index contributed by atoms with van der Waals surface area (Å²) in [5, 5.41) is 3.37. The van der Waals surface area contributed by atoms with Crippen LogP contribution in [0, 0.1) is 0 Å². The summed E-state index contributed by atoms with van der Waals surface area (Å²) in [6.07, 6.45) is 6.16. The zero-order valence-corrected chi connectivity index (χ0v) is 12.9. The Morgan fingerprint density at radius 1 is 1.43 bits per heavy atom. The Hall–Kier alpha value is -1.88. The number of pyridine rings is 1. The minimum Gasteiger partial charge on any atom is -0.467 e. The Morgan fingerprint density at radius 3 is 2.95 bits per heavy atom. The molecule has 0 spiro atoms. The van der Waals surface area contributed by atoms with Crippen LogP contribution in [0.5, 0.6) is 0 Å². The molecule has 0 amide bonds. The first-order valence-electron chi connectivity index (χ1n) is 7.27. The minimum atomic E-state index is 0.0160. The summed E-state index contributed by atoms with van der Waals surface area (Å²) >= 11 is 5.18. The molecular formula is C16H19N3OS. The third-order valence-corrected chi connectivity index (χ3v) is 4.11. The number of nitrogens with zero attached hydrogens (tertiary/aromatic N) is 1. The molecule has 110 valence electrons. The molecule has 2 heterocycles. The molecule has 1 atom stereocenters. The molecule has 0 saturated carbocycles. The van der Waals surface area contributed by atoms with Crippen LogP contribution in [-0.4, -0.2) is 9.97 Å². The summed E-state index contributed by atoms with van der Waals surface area (Å²) in [5.74, 6) is 1.62. The molecule has 21 heavy (non-hydrogen) atoms. The van der Waals surface area contributed by atoms with Gasteiger partial charge < -0.3 is 15.5 Å². The van der Waals surface area contributed by atoms with E-state index < -0.39 is 0 Å². The maximum absolute atomic E-state index is 5.87. The van der Waals surface area contributed by atoms with E-state index in [1.165, 1.54) is 18.4 Å². The number of aromatic nitrogens is 1. The van der Waals surface area contributed by atoms with Crippen molar-refractivity contribution in [3.8, 4) is 0 Å². The SMILES string of the molecule is CC(Nc1nc2c(cc1C(N)=S)CCCC2)c1ccco1. The molecule has 2 aromatic heterocycles. The van der Waals surface area contributed by atoms with Crippen LogP contribution in [-0.2, 0) is 12.8 Å². The van der Waals surface area contributed by atoms with Crippen LogP contribution >= 0.6 is 12.2 Å². The van der Waals surface area contributed by atoms with Gasteiger partial charge in [0.05, 0.1) is 17.9 Å². The molecule has 5 heteroatoms. The first kappa shape index (κ1) is 14.1. The molecule has 0 radical (unpaired) electrons. The molecule has 2 aromatic rings. The number of thiocarbonyl (C=S) groups is 1. The second-order valence-electron chi connectivity index (χ2n) is 5.44. The third kappa shape index (κ3) is 2.93. The van der Waals surface area contributed by atoms with Crippen LogP contribution < -0.4 is 11.1 Å². The first-order chi connectivity index (χ1) is 10.1. The van der Waals surface area contributed by atoms with Gasteiger partial charge in [-0.2, -0.15) is 0 Å². The summed E-state index contributed by atoms with van der Waals surface area (Å²) in [5.41, 5.74) is 9.13. The predicted octanol–water partition coefficient (Wildman–Crippen LogP) is 3.36. The van der Waals surface area contributed by atoms with Gasteiger partial charge in [0.2, 0.25) is 0 Å². The number of anilines is 1. The number of nitrogens with one attached hydrogen (secondary N) is 1. The molecule has 0 bridgehead atoms. The van der Waals surface area contributed by atoms with E-state index in [4.69, 9.17) is 27.4 Å². The molecule has 1 unspecified atom stereocenters. The van der Waals surface area contributed by atoms with Crippen molar-refractivity contribution in [3.05, 3.63) is 47.0 Å². The van der Waals surface area contributed by atoms with Crippen molar-refractivity contribution in [2.24, 2.45) is 5.73 Å². The lowest BCUT2D eigenvalue weighted by Crippen LogP contribution is -2.19. The highest BCUT2D eigenvalue weighted by molar-refractivity contribution is 7.80. The van der Waals surface area contributed by atoms with Crippen molar-refractivity contribution in [2.45, 2.75) is 38.6 Å². The second kappa shape index (κ2) is 5.85. The highest BCUT2D eigenvalue weighted by atomic mass is 32.1. The van der Waals surface area contributed by atoms with Crippen LogP contribution in [0.3, 0.4) is 0 Å². The van der Waals surface area contributed by atoms with E-state index in [1.54, 1.807) is 6.26 Å². The van der Waals surface area contributed by atoms with Crippen molar-refractivity contribution in [3.63, 3.8) is 0 Å². The molecular weight excluding hydrogens is 282 g/mol. The monoisotopic (exact) mass is 301 g/mol. The number of fused-ring (bicyclic) bond motifs is 1. The summed E-state index contributed by atoms with van der Waals surface area (Å²) in [7, 11) is 0. The molecule has 0 aromatic carbocycles. The molecule has 0 fully saturated rings. The van der Waals surface area contributed by atoms with Gasteiger partial charge in [0, 0.05) is 5.69 Å². The molecule has 4 nitrogen and oxygen atoms in total. The maximum Gasteiger partial charge on any atom is 0.137 e. The number of furan rings is 1. The van der Waals surface area contributed by atoms with Crippen LogP contribution in [0.15, 0.2) is 28.9 Å². The van der Waals surface area contributed by atoms with Crippen LogP contribution in [0.2, 0.25) is 0 Å². The van der Waals surface area contributed by atoms with Gasteiger partial charge in [-0.1, -0.05) is 12.2 Å². The lowest BCUT2D eigenvalue weighted by atomic mass is 9.94. The van der Waals surface area contributed by atoms with Gasteiger partial charge in [0.15, 0.2) is 0 Å². The quantitative estimate of drug-likeness (QED) is 0.848. The number of hydrogen-bond donors (Lipinski definition) is 2. The molecule has 3 N–H and O–H groups in total. The van der Waals surface area contributed by atoms with E-state index in [0.717, 1.165) is 35.7 Å². The Labute approximate surface area is 129 Å². The van der Waals surface area contributed by atoms with Gasteiger partial charge in [-0.25, -0.2) is 4.98 Å². The Kier molecular flexibility index (Phi) is 3.92. The van der Waals surface area contributed by atoms with Gasteiger partial charge in [-0.05, 0) is 56.4 Å². The zero-order chi connectivity index (χ0) is 14.8. The zero-order valence-electron chi connectivity index (χ0n) is 12.1. The van der Waals surface area contributed by atoms with Gasteiger partial charge >= 0.3 is 0 Å². The van der Waals surface area contributed by atoms with E-state index in [2.05, 4.69) is 11.4 Å². The number of rotatable bonds is 4. The fourth-order valence-corrected chi connectivity index (χ4v) is 2.90. The fraction of sp³-hybridized carbons (Fsp3) is 0.375. The molecule has 0 aliphatic heterocycles. The summed E-state index contributed by atoms with van der Waals surface area (Å²) in [6, 6.07) is 5.93. The number of aryl methyl sites for hydroxylation is 2. The lowest BCUT2D eigenvalue weighted by molar-refractivity contribution is 0.490. The largest absolute Gasteiger partial charge is 0.467 e. The number of hydrogen-bond acceptors (Lipinski definition) is 4. The highest BCUT2D eigenvalue weighted by Gasteiger charge is 2.18. The molecule has 3 rings (SSSR count). The summed E-state index contributed by atoms with van der Waals surface area (Å²) in [4.78, 5) is 5.14. The standard InChI is InChI=1S/C16H19N3OS/c1-10(14-7-4-8-20-14)18-16-12(15(17)21)9-11-5-2-3-6-13(11)19-16/h4,7-10H,2-3,5-6H2,1H3,(H2,17,21)(H,18,19). The highest BCUT2D eigenvalue weighted by Crippen LogP contribution is 2.27. The summed E-state index contributed by atoms with van der Waals surface area (Å²) < 4.78 is 5.43. The lowest BCUT2D eigenvalue weighted by Gasteiger charge is -2.21. The average molecular weight is 301 g/mol. The summed E-state index contributed by atoms with van der Waals surface area (Å²) in [6.45, 7) is 2.03. The Bertz CT molecular complexity index is 652. The van der Waals surface area contributed by atoms with Crippen molar-refractivity contribution in [1.29, 1.82) is 0 Å². The molecule has 1 aliphatic carbocycles. The van der Waals surface area contributed by atoms with E-state index in [9.17, 15) is 0 Å². The average Bonchev–Trinajstić information content (AvgIpc) is 3.00. The van der Waals surface area contributed by atoms with Crippen LogP contribution in [0.4, 0.5) is 5.82 Å². The number of nitrogens with two attached hydrogens (primary N) is 1. The van der Waals surface area contributed by atoms with Crippen LogP contribution in [0.25, 0.3) is 0 Å². The van der Waals surface area contributed by atoms with E-state index in [1.807, 2.05) is 19.1 Å². The van der Waals surface area contributed by atoms with E-state index >= 15 is 0 Å². The normalized spacial score (nSPS) is 15.3. The Morgan fingerprint density at radius 2 is 2.24 bits per heavy atom. The van der Waals surface area contributed by atoms with E-state index in [-0.39, 0.29) is 6.04 Å². The maximum atomic E-state index is 5.87. The smallest absolute Gasteiger partial charge is 0.137 e. The van der Waals surface area contributed by atoms with Crippen molar-refractivity contribution < 1.29 is 4.42 Å². The van der Waals surface area contributed by atoms with Crippen molar-refractivity contribution in [2.75, 3.05) is 5.32 Å². The minimum absolute atomic E-state index is 0.0160. The van der Waals surface area contributed by atoms with Crippen molar-refractivity contribution >= 4 is 23.0 Å². The van der Waals surface area contributed by atoms with Gasteiger partial charge in [-0.15, -0.1) is 0 Å². The topological polar surface area (TPSA) is 64.1 Å². The fourth-order valence-electron chi connectivity index (χ4n) is 2.75. The van der Waals surface area contributed by atoms with Crippen LogP contribution in [0.1, 0.15) is 48.4 Å². The van der Waals surface area contributed by atoms with Gasteiger partial charge in [0.25, 0.3) is 0 Å². The van der Waals surface area contributed by atoms with Gasteiger partial charge in [0.1, 0.15) is 16.6 Å². The van der Waals surface area contributed by atoms with Crippen molar-refractivity contribution in [1.82, 2.24) is 4.98 Å². The van der Waals surface area contributed by atoms with Gasteiger partial charge in [-0.3, -0.25) is 0 Å².